The molecule has 1 heterocycles. The van der Waals surface area contributed by atoms with Gasteiger partial charge in [0.2, 0.25) is 0 Å². The number of hydrogen-bond acceptors (Lipinski definition) is 3. The Labute approximate surface area is 95.8 Å². The van der Waals surface area contributed by atoms with E-state index in [4.69, 9.17) is 5.11 Å². The van der Waals surface area contributed by atoms with Crippen LogP contribution in [0.25, 0.3) is 0 Å². The summed E-state index contributed by atoms with van der Waals surface area (Å²) >= 11 is 0. The summed E-state index contributed by atoms with van der Waals surface area (Å²) in [6.07, 6.45) is -5.03. The highest BCUT2D eigenvalue weighted by molar-refractivity contribution is 7.87. The second-order valence-corrected chi connectivity index (χ2v) is 5.43. The Morgan fingerprint density at radius 3 is 2.24 bits per heavy atom. The third-order valence-electron chi connectivity index (χ3n) is 2.18. The van der Waals surface area contributed by atoms with Crippen LogP contribution in [0, 0.1) is 0 Å². The molecule has 0 unspecified atom stereocenters. The Bertz CT molecular complexity index is 394. The van der Waals surface area contributed by atoms with E-state index in [1.54, 1.807) is 0 Å². The Hall–Kier alpha value is -0.870. The van der Waals surface area contributed by atoms with Gasteiger partial charge >= 0.3 is 12.1 Å². The first-order valence-electron chi connectivity index (χ1n) is 4.67. The van der Waals surface area contributed by atoms with Crippen LogP contribution in [0.15, 0.2) is 0 Å². The van der Waals surface area contributed by atoms with Crippen molar-refractivity contribution in [3.8, 4) is 0 Å². The van der Waals surface area contributed by atoms with Gasteiger partial charge in [-0.15, -0.1) is 0 Å². The van der Waals surface area contributed by atoms with Gasteiger partial charge in [-0.3, -0.25) is 4.79 Å². The molecule has 1 saturated heterocycles. The molecule has 0 aromatic heterocycles. The highest BCUT2D eigenvalue weighted by atomic mass is 32.2. The number of carboxylic acids is 1. The van der Waals surface area contributed by atoms with Crippen LogP contribution in [0.2, 0.25) is 0 Å². The SMILES string of the molecule is O=C(O)CCN1CCN(CC(F)(F)F)S1(=O)=O. The molecular formula is C7H11F3N2O4S. The molecule has 10 heteroatoms. The zero-order chi connectivity index (χ0) is 13.3. The molecule has 0 spiro atoms. The number of rotatable bonds is 4. The highest BCUT2D eigenvalue weighted by Gasteiger charge is 2.42. The van der Waals surface area contributed by atoms with Crippen molar-refractivity contribution in [2.75, 3.05) is 26.2 Å². The molecule has 0 aliphatic carbocycles. The van der Waals surface area contributed by atoms with Gasteiger partial charge in [-0.25, -0.2) is 0 Å². The lowest BCUT2D eigenvalue weighted by Gasteiger charge is -2.19. The van der Waals surface area contributed by atoms with Gasteiger partial charge in [-0.2, -0.15) is 30.2 Å². The largest absolute Gasteiger partial charge is 0.481 e. The van der Waals surface area contributed by atoms with Gasteiger partial charge in [0, 0.05) is 19.6 Å². The second kappa shape index (κ2) is 4.78. The maximum atomic E-state index is 12.1. The van der Waals surface area contributed by atoms with Gasteiger partial charge in [-0.1, -0.05) is 0 Å². The molecule has 1 fully saturated rings. The predicted molar refractivity (Wildman–Crippen MR) is 50.4 cm³/mol. The topological polar surface area (TPSA) is 77.9 Å². The summed E-state index contributed by atoms with van der Waals surface area (Å²) < 4.78 is 60.3. The van der Waals surface area contributed by atoms with Gasteiger partial charge in [0.05, 0.1) is 6.42 Å². The molecule has 0 aromatic carbocycles. The van der Waals surface area contributed by atoms with Crippen LogP contribution in [-0.4, -0.2) is 60.5 Å². The minimum absolute atomic E-state index is 0.119. The van der Waals surface area contributed by atoms with Gasteiger partial charge in [-0.05, 0) is 0 Å². The van der Waals surface area contributed by atoms with Crippen molar-refractivity contribution >= 4 is 16.2 Å². The zero-order valence-corrected chi connectivity index (χ0v) is 9.46. The van der Waals surface area contributed by atoms with Gasteiger partial charge < -0.3 is 5.11 Å². The first kappa shape index (κ1) is 14.2. The van der Waals surface area contributed by atoms with Crippen molar-refractivity contribution in [2.24, 2.45) is 0 Å². The van der Waals surface area contributed by atoms with Crippen molar-refractivity contribution < 1.29 is 31.5 Å². The average molecular weight is 276 g/mol. The molecule has 1 rings (SSSR count). The number of aliphatic carboxylic acids is 1. The number of nitrogens with zero attached hydrogens (tertiary/aromatic N) is 2. The molecule has 0 atom stereocenters. The summed E-state index contributed by atoms with van der Waals surface area (Å²) in [5.41, 5.74) is 0. The Balaban J connectivity index is 2.67. The standard InChI is InChI=1S/C7H11F3N2O4S/c8-7(9,10)5-12-4-3-11(17(12,15)16)2-1-6(13)14/h1-5H2,(H,13,14). The van der Waals surface area contributed by atoms with Crippen molar-refractivity contribution in [1.29, 1.82) is 0 Å². The number of carbonyl (C=O) groups is 1. The van der Waals surface area contributed by atoms with Crippen molar-refractivity contribution in [3.63, 3.8) is 0 Å². The molecule has 0 radical (unpaired) electrons. The summed E-state index contributed by atoms with van der Waals surface area (Å²) in [7, 11) is -4.17. The number of carboxylic acid groups (broad SMARTS) is 1. The quantitative estimate of drug-likeness (QED) is 0.777. The van der Waals surface area contributed by atoms with E-state index in [1.807, 2.05) is 0 Å². The fraction of sp³-hybridized carbons (Fsp3) is 0.857. The summed E-state index contributed by atoms with van der Waals surface area (Å²) in [5.74, 6) is -1.20. The average Bonchev–Trinajstić information content (AvgIpc) is 2.37. The fourth-order valence-corrected chi connectivity index (χ4v) is 3.01. The lowest BCUT2D eigenvalue weighted by molar-refractivity contribution is -0.137. The second-order valence-electron chi connectivity index (χ2n) is 3.50. The van der Waals surface area contributed by atoms with Crippen LogP contribution in [0.3, 0.4) is 0 Å². The Morgan fingerprint density at radius 1 is 1.24 bits per heavy atom. The maximum Gasteiger partial charge on any atom is 0.402 e. The minimum Gasteiger partial charge on any atom is -0.481 e. The van der Waals surface area contributed by atoms with Crippen LogP contribution in [-0.2, 0) is 15.0 Å². The van der Waals surface area contributed by atoms with Gasteiger partial charge in [0.1, 0.15) is 6.54 Å². The molecule has 0 amide bonds. The summed E-state index contributed by atoms with van der Waals surface area (Å²) in [6.45, 7) is -2.25. The van der Waals surface area contributed by atoms with E-state index in [-0.39, 0.29) is 19.6 Å². The predicted octanol–water partition coefficient (Wildman–Crippen LogP) is -0.114. The van der Waals surface area contributed by atoms with Crippen LogP contribution in [0.5, 0.6) is 0 Å². The van der Waals surface area contributed by atoms with Crippen LogP contribution < -0.4 is 0 Å². The fourth-order valence-electron chi connectivity index (χ4n) is 1.43. The van der Waals surface area contributed by atoms with E-state index in [9.17, 15) is 26.4 Å². The molecule has 1 aliphatic heterocycles. The summed E-state index contributed by atoms with van der Waals surface area (Å²) in [5, 5.41) is 8.38. The molecule has 0 bridgehead atoms. The Kier molecular flexibility index (Phi) is 3.99. The first-order chi connectivity index (χ1) is 7.63. The zero-order valence-electron chi connectivity index (χ0n) is 8.64. The Morgan fingerprint density at radius 2 is 1.76 bits per heavy atom. The molecule has 0 aromatic rings. The molecule has 100 valence electrons. The smallest absolute Gasteiger partial charge is 0.402 e. The molecular weight excluding hydrogens is 265 g/mol. The van der Waals surface area contributed by atoms with Crippen LogP contribution >= 0.6 is 0 Å². The van der Waals surface area contributed by atoms with Crippen molar-refractivity contribution in [1.82, 2.24) is 8.61 Å². The van der Waals surface area contributed by atoms with Crippen LogP contribution in [0.4, 0.5) is 13.2 Å². The van der Waals surface area contributed by atoms with E-state index in [2.05, 4.69) is 0 Å². The van der Waals surface area contributed by atoms with E-state index < -0.39 is 35.3 Å². The molecule has 6 nitrogen and oxygen atoms in total. The lowest BCUT2D eigenvalue weighted by atomic mass is 10.4. The highest BCUT2D eigenvalue weighted by Crippen LogP contribution is 2.23. The van der Waals surface area contributed by atoms with Crippen molar-refractivity contribution in [2.45, 2.75) is 12.6 Å². The lowest BCUT2D eigenvalue weighted by Crippen LogP contribution is -2.39. The van der Waals surface area contributed by atoms with E-state index in [0.29, 0.717) is 4.31 Å². The maximum absolute atomic E-state index is 12.1. The third kappa shape index (κ3) is 3.82. The molecule has 1 N–H and O–H groups in total. The number of halogens is 3. The van der Waals surface area contributed by atoms with E-state index >= 15 is 0 Å². The van der Waals surface area contributed by atoms with E-state index in [0.717, 1.165) is 4.31 Å². The summed E-state index contributed by atoms with van der Waals surface area (Å²) in [6, 6.07) is 0. The summed E-state index contributed by atoms with van der Waals surface area (Å²) in [4.78, 5) is 10.3. The third-order valence-corrected chi connectivity index (χ3v) is 4.16. The normalized spacial score (nSPS) is 21.8. The molecule has 17 heavy (non-hydrogen) atoms. The molecule has 0 saturated carbocycles. The van der Waals surface area contributed by atoms with E-state index in [1.165, 1.54) is 0 Å². The van der Waals surface area contributed by atoms with Gasteiger partial charge in [0.15, 0.2) is 0 Å². The monoisotopic (exact) mass is 276 g/mol. The first-order valence-corrected chi connectivity index (χ1v) is 6.06. The molecule has 1 aliphatic rings. The minimum atomic E-state index is -4.60. The number of hydrogen-bond donors (Lipinski definition) is 1. The van der Waals surface area contributed by atoms with Crippen molar-refractivity contribution in [3.05, 3.63) is 0 Å². The van der Waals surface area contributed by atoms with Gasteiger partial charge in [0.25, 0.3) is 10.2 Å². The van der Waals surface area contributed by atoms with Crippen LogP contribution in [0.1, 0.15) is 6.42 Å². The number of alkyl halides is 3.